The van der Waals surface area contributed by atoms with Crippen molar-refractivity contribution in [3.8, 4) is 0 Å². The van der Waals surface area contributed by atoms with Gasteiger partial charge in [0.05, 0.1) is 5.41 Å². The number of amides is 1. The molecule has 6 heteroatoms. The number of nitrogens with zero attached hydrogens (tertiary/aromatic N) is 1. The predicted molar refractivity (Wildman–Crippen MR) is 66.7 cm³/mol. The van der Waals surface area contributed by atoms with E-state index in [1.165, 1.54) is 6.07 Å². The van der Waals surface area contributed by atoms with E-state index in [0.717, 1.165) is 12.8 Å². The number of aromatic nitrogens is 1. The largest absolute Gasteiger partial charge is 0.481 e. The van der Waals surface area contributed by atoms with Crippen LogP contribution in [-0.4, -0.2) is 28.2 Å². The van der Waals surface area contributed by atoms with Crippen LogP contribution in [0.4, 0.5) is 0 Å². The Labute approximate surface area is 111 Å². The van der Waals surface area contributed by atoms with E-state index in [2.05, 4.69) is 10.5 Å². The highest BCUT2D eigenvalue weighted by molar-refractivity contribution is 5.93. The summed E-state index contributed by atoms with van der Waals surface area (Å²) in [4.78, 5) is 23.4. The van der Waals surface area contributed by atoms with Gasteiger partial charge in [-0.15, -0.1) is 0 Å². The Morgan fingerprint density at radius 1 is 1.53 bits per heavy atom. The molecule has 6 nitrogen and oxygen atoms in total. The Kier molecular flexibility index (Phi) is 3.59. The number of carboxylic acid groups (broad SMARTS) is 1. The fraction of sp³-hybridized carbons (Fsp3) is 0.615. The van der Waals surface area contributed by atoms with Gasteiger partial charge in [-0.05, 0) is 26.7 Å². The van der Waals surface area contributed by atoms with Gasteiger partial charge in [0.1, 0.15) is 5.76 Å². The number of carbonyl (C=O) groups is 2. The van der Waals surface area contributed by atoms with Gasteiger partial charge in [0.25, 0.3) is 5.91 Å². The summed E-state index contributed by atoms with van der Waals surface area (Å²) in [7, 11) is 0. The molecule has 2 atom stereocenters. The number of hydrogen-bond donors (Lipinski definition) is 2. The van der Waals surface area contributed by atoms with Crippen LogP contribution in [0.1, 0.15) is 48.9 Å². The maximum absolute atomic E-state index is 12.0. The molecule has 0 bridgehead atoms. The number of hydrogen-bond acceptors (Lipinski definition) is 4. The Hall–Kier alpha value is -1.85. The van der Waals surface area contributed by atoms with Crippen molar-refractivity contribution in [3.05, 3.63) is 17.5 Å². The molecule has 1 aromatic rings. The summed E-state index contributed by atoms with van der Waals surface area (Å²) in [6.07, 6.45) is 3.04. The third-order valence-electron chi connectivity index (χ3n) is 3.86. The summed E-state index contributed by atoms with van der Waals surface area (Å²) in [5.41, 5.74) is -0.719. The molecule has 1 aromatic heterocycles. The summed E-state index contributed by atoms with van der Waals surface area (Å²) in [5, 5.41) is 15.8. The van der Waals surface area contributed by atoms with Gasteiger partial charge in [0, 0.05) is 12.1 Å². The third-order valence-corrected chi connectivity index (χ3v) is 3.86. The lowest BCUT2D eigenvalue weighted by atomic mass is 9.71. The zero-order valence-electron chi connectivity index (χ0n) is 11.1. The molecule has 104 valence electrons. The summed E-state index contributed by atoms with van der Waals surface area (Å²) in [6.45, 7) is 3.39. The second-order valence-corrected chi connectivity index (χ2v) is 5.32. The van der Waals surface area contributed by atoms with Crippen molar-refractivity contribution in [2.24, 2.45) is 5.41 Å². The molecule has 19 heavy (non-hydrogen) atoms. The molecule has 0 aliphatic heterocycles. The average Bonchev–Trinajstić information content (AvgIpc) is 2.79. The van der Waals surface area contributed by atoms with E-state index in [4.69, 9.17) is 4.52 Å². The van der Waals surface area contributed by atoms with E-state index >= 15 is 0 Å². The molecule has 0 spiro atoms. The van der Waals surface area contributed by atoms with E-state index in [1.54, 1.807) is 13.8 Å². The Morgan fingerprint density at radius 2 is 2.26 bits per heavy atom. The normalized spacial score (nSPS) is 26.9. The second-order valence-electron chi connectivity index (χ2n) is 5.32. The van der Waals surface area contributed by atoms with Crippen molar-refractivity contribution in [2.45, 2.75) is 45.6 Å². The fourth-order valence-electron chi connectivity index (χ4n) is 2.53. The van der Waals surface area contributed by atoms with Crippen molar-refractivity contribution in [2.75, 3.05) is 0 Å². The van der Waals surface area contributed by atoms with Gasteiger partial charge in [-0.3, -0.25) is 9.59 Å². The van der Waals surface area contributed by atoms with Crippen LogP contribution in [0.15, 0.2) is 10.6 Å². The molecule has 1 amide bonds. The maximum atomic E-state index is 12.0. The SMILES string of the molecule is Cc1cc(C(=O)NC2CCCCC2(C)C(=O)O)no1. The first-order valence-electron chi connectivity index (χ1n) is 6.41. The molecule has 2 N–H and O–H groups in total. The van der Waals surface area contributed by atoms with Crippen LogP contribution in [-0.2, 0) is 4.79 Å². The molecule has 1 aliphatic rings. The standard InChI is InChI=1S/C13H18N2O4/c1-8-7-9(15-19-8)11(16)14-10-5-3-4-6-13(10,2)12(17)18/h7,10H,3-6H2,1-2H3,(H,14,16)(H,17,18). The van der Waals surface area contributed by atoms with E-state index in [9.17, 15) is 14.7 Å². The van der Waals surface area contributed by atoms with Crippen LogP contribution in [0.3, 0.4) is 0 Å². The summed E-state index contributed by atoms with van der Waals surface area (Å²) in [6, 6.07) is 1.17. The van der Waals surface area contributed by atoms with Crippen molar-refractivity contribution in [1.82, 2.24) is 10.5 Å². The Morgan fingerprint density at radius 3 is 2.84 bits per heavy atom. The summed E-state index contributed by atoms with van der Waals surface area (Å²) < 4.78 is 4.85. The summed E-state index contributed by atoms with van der Waals surface area (Å²) >= 11 is 0. The number of aliphatic carboxylic acids is 1. The lowest BCUT2D eigenvalue weighted by Gasteiger charge is -2.38. The van der Waals surface area contributed by atoms with Crippen LogP contribution in [0.2, 0.25) is 0 Å². The Bertz CT molecular complexity index is 497. The molecule has 1 heterocycles. The molecule has 1 aliphatic carbocycles. The van der Waals surface area contributed by atoms with Crippen LogP contribution in [0, 0.1) is 12.3 Å². The number of nitrogens with one attached hydrogen (secondary N) is 1. The molecule has 2 unspecified atom stereocenters. The van der Waals surface area contributed by atoms with Gasteiger partial charge >= 0.3 is 5.97 Å². The quantitative estimate of drug-likeness (QED) is 0.869. The lowest BCUT2D eigenvalue weighted by molar-refractivity contribution is -0.151. The van der Waals surface area contributed by atoms with Gasteiger partial charge in [0.2, 0.25) is 0 Å². The topological polar surface area (TPSA) is 92.4 Å². The van der Waals surface area contributed by atoms with E-state index in [1.807, 2.05) is 0 Å². The van der Waals surface area contributed by atoms with Crippen LogP contribution in [0.25, 0.3) is 0 Å². The monoisotopic (exact) mass is 266 g/mol. The predicted octanol–water partition coefficient (Wildman–Crippen LogP) is 1.75. The highest BCUT2D eigenvalue weighted by atomic mass is 16.5. The zero-order valence-corrected chi connectivity index (χ0v) is 11.1. The van der Waals surface area contributed by atoms with Gasteiger partial charge < -0.3 is 14.9 Å². The highest BCUT2D eigenvalue weighted by Gasteiger charge is 2.44. The molecule has 1 fully saturated rings. The van der Waals surface area contributed by atoms with Gasteiger partial charge in [-0.25, -0.2) is 0 Å². The first kappa shape index (κ1) is 13.6. The number of carboxylic acids is 1. The molecule has 0 saturated heterocycles. The molecule has 0 aromatic carbocycles. The van der Waals surface area contributed by atoms with Crippen LogP contribution >= 0.6 is 0 Å². The van der Waals surface area contributed by atoms with E-state index in [0.29, 0.717) is 18.6 Å². The van der Waals surface area contributed by atoms with E-state index < -0.39 is 11.4 Å². The van der Waals surface area contributed by atoms with Gasteiger partial charge in [0.15, 0.2) is 5.69 Å². The van der Waals surface area contributed by atoms with E-state index in [-0.39, 0.29) is 17.6 Å². The first-order valence-corrected chi connectivity index (χ1v) is 6.41. The fourth-order valence-corrected chi connectivity index (χ4v) is 2.53. The van der Waals surface area contributed by atoms with Crippen LogP contribution in [0.5, 0.6) is 0 Å². The van der Waals surface area contributed by atoms with Crippen molar-refractivity contribution < 1.29 is 19.2 Å². The molecule has 1 saturated carbocycles. The molecular weight excluding hydrogens is 248 g/mol. The third kappa shape index (κ3) is 2.62. The zero-order chi connectivity index (χ0) is 14.0. The minimum absolute atomic E-state index is 0.191. The van der Waals surface area contributed by atoms with Crippen molar-refractivity contribution in [3.63, 3.8) is 0 Å². The summed E-state index contributed by atoms with van der Waals surface area (Å²) in [5.74, 6) is -0.695. The first-order chi connectivity index (χ1) is 8.93. The average molecular weight is 266 g/mol. The van der Waals surface area contributed by atoms with Gasteiger partial charge in [-0.2, -0.15) is 0 Å². The lowest BCUT2D eigenvalue weighted by Crippen LogP contribution is -2.52. The Balaban J connectivity index is 2.12. The number of carbonyl (C=O) groups excluding carboxylic acids is 1. The molecular formula is C13H18N2O4. The number of aryl methyl sites for hydroxylation is 1. The molecule has 2 rings (SSSR count). The minimum atomic E-state index is -0.910. The van der Waals surface area contributed by atoms with Crippen molar-refractivity contribution in [1.29, 1.82) is 0 Å². The minimum Gasteiger partial charge on any atom is -0.481 e. The highest BCUT2D eigenvalue weighted by Crippen LogP contribution is 2.36. The van der Waals surface area contributed by atoms with Gasteiger partial charge in [-0.1, -0.05) is 18.0 Å². The number of rotatable bonds is 3. The maximum Gasteiger partial charge on any atom is 0.311 e. The van der Waals surface area contributed by atoms with Crippen molar-refractivity contribution >= 4 is 11.9 Å². The smallest absolute Gasteiger partial charge is 0.311 e. The molecule has 0 radical (unpaired) electrons. The van der Waals surface area contributed by atoms with Crippen LogP contribution < -0.4 is 5.32 Å². The second kappa shape index (κ2) is 5.03.